The maximum atomic E-state index is 11.2. The summed E-state index contributed by atoms with van der Waals surface area (Å²) in [7, 11) is 0. The normalized spacial score (nSPS) is 12.5. The fraction of sp³-hybridized carbons (Fsp3) is 0.889. The molecule has 0 aliphatic heterocycles. The summed E-state index contributed by atoms with van der Waals surface area (Å²) in [6, 6.07) is 0. The first kappa shape index (κ1) is 13.2. The van der Waals surface area contributed by atoms with Crippen molar-refractivity contribution in [3.8, 4) is 0 Å². The van der Waals surface area contributed by atoms with Gasteiger partial charge in [0.05, 0.1) is 6.42 Å². The first-order valence-corrected chi connectivity index (χ1v) is 5.85. The summed E-state index contributed by atoms with van der Waals surface area (Å²) in [5.74, 6) is -0.0931. The number of hydrogen-bond acceptors (Lipinski definition) is 3. The molecule has 0 bridgehead atoms. The zero-order valence-corrected chi connectivity index (χ0v) is 10.5. The molecule has 0 radical (unpaired) electrons. The zero-order valence-electron chi connectivity index (χ0n) is 8.31. The molecule has 4 heteroatoms. The van der Waals surface area contributed by atoms with Crippen molar-refractivity contribution in [3.63, 3.8) is 0 Å². The SMILES string of the molecule is CCCC(CC)OC(=O)CCNI. The molecule has 0 saturated carbocycles. The zero-order chi connectivity index (χ0) is 10.1. The maximum Gasteiger partial charge on any atom is 0.307 e. The van der Waals surface area contributed by atoms with Gasteiger partial charge in [-0.3, -0.25) is 8.32 Å². The summed E-state index contributed by atoms with van der Waals surface area (Å²) < 4.78 is 8.15. The predicted octanol–water partition coefficient (Wildman–Crippen LogP) is 2.44. The molecule has 78 valence electrons. The van der Waals surface area contributed by atoms with E-state index >= 15 is 0 Å². The van der Waals surface area contributed by atoms with E-state index in [-0.39, 0.29) is 12.1 Å². The Kier molecular flexibility index (Phi) is 8.85. The Hall–Kier alpha value is 0.160. The van der Waals surface area contributed by atoms with Gasteiger partial charge >= 0.3 is 5.97 Å². The third kappa shape index (κ3) is 7.25. The number of carbonyl (C=O) groups is 1. The maximum absolute atomic E-state index is 11.2. The molecule has 0 saturated heterocycles. The van der Waals surface area contributed by atoms with Gasteiger partial charge in [0.25, 0.3) is 0 Å². The summed E-state index contributed by atoms with van der Waals surface area (Å²) in [6.45, 7) is 4.83. The van der Waals surface area contributed by atoms with E-state index in [1.54, 1.807) is 0 Å². The monoisotopic (exact) mass is 299 g/mol. The van der Waals surface area contributed by atoms with E-state index in [0.717, 1.165) is 19.3 Å². The van der Waals surface area contributed by atoms with Gasteiger partial charge in [-0.05, 0) is 12.8 Å². The van der Waals surface area contributed by atoms with Gasteiger partial charge < -0.3 is 4.74 Å². The van der Waals surface area contributed by atoms with Gasteiger partial charge in [0.1, 0.15) is 6.10 Å². The van der Waals surface area contributed by atoms with E-state index in [0.29, 0.717) is 13.0 Å². The first-order valence-electron chi connectivity index (χ1n) is 4.77. The average Bonchev–Trinajstić information content (AvgIpc) is 2.14. The van der Waals surface area contributed by atoms with E-state index in [2.05, 4.69) is 10.5 Å². The van der Waals surface area contributed by atoms with Crippen LogP contribution in [0.2, 0.25) is 0 Å². The number of nitrogens with one attached hydrogen (secondary N) is 1. The van der Waals surface area contributed by atoms with Crippen molar-refractivity contribution in [1.29, 1.82) is 0 Å². The van der Waals surface area contributed by atoms with Gasteiger partial charge in [-0.1, -0.05) is 20.3 Å². The lowest BCUT2D eigenvalue weighted by molar-refractivity contribution is -0.149. The van der Waals surface area contributed by atoms with Crippen molar-refractivity contribution in [2.45, 2.75) is 45.6 Å². The van der Waals surface area contributed by atoms with Crippen molar-refractivity contribution in [3.05, 3.63) is 0 Å². The third-order valence-corrected chi connectivity index (χ3v) is 2.33. The summed E-state index contributed by atoms with van der Waals surface area (Å²) in [4.78, 5) is 11.2. The van der Waals surface area contributed by atoms with Gasteiger partial charge in [-0.15, -0.1) is 0 Å². The Balaban J connectivity index is 3.60. The molecular weight excluding hydrogens is 281 g/mol. The minimum atomic E-state index is -0.0931. The highest BCUT2D eigenvalue weighted by Crippen LogP contribution is 2.07. The molecule has 0 aromatic rings. The van der Waals surface area contributed by atoms with Crippen LogP contribution in [0.25, 0.3) is 0 Å². The molecular formula is C9H18INO2. The number of esters is 1. The summed E-state index contributed by atoms with van der Waals surface area (Å²) in [5.41, 5.74) is 0. The van der Waals surface area contributed by atoms with Crippen LogP contribution < -0.4 is 3.53 Å². The van der Waals surface area contributed by atoms with E-state index in [9.17, 15) is 4.79 Å². The highest BCUT2D eigenvalue weighted by molar-refractivity contribution is 14.1. The van der Waals surface area contributed by atoms with Crippen LogP contribution >= 0.6 is 22.9 Å². The molecule has 0 aliphatic carbocycles. The second-order valence-corrected chi connectivity index (χ2v) is 3.71. The molecule has 1 atom stereocenters. The fourth-order valence-electron chi connectivity index (χ4n) is 1.06. The van der Waals surface area contributed by atoms with Crippen molar-refractivity contribution in [1.82, 2.24) is 3.53 Å². The number of hydrogen-bond donors (Lipinski definition) is 1. The van der Waals surface area contributed by atoms with E-state index < -0.39 is 0 Å². The lowest BCUT2D eigenvalue weighted by atomic mass is 10.1. The molecule has 0 aliphatic rings. The number of carbonyl (C=O) groups excluding carboxylic acids is 1. The van der Waals surface area contributed by atoms with Crippen LogP contribution in [0.15, 0.2) is 0 Å². The molecule has 0 fully saturated rings. The van der Waals surface area contributed by atoms with Crippen LogP contribution in [0.1, 0.15) is 39.5 Å². The molecule has 1 unspecified atom stereocenters. The summed E-state index contributed by atoms with van der Waals surface area (Å²) >= 11 is 2.02. The fourth-order valence-corrected chi connectivity index (χ4v) is 1.33. The molecule has 0 aromatic carbocycles. The minimum Gasteiger partial charge on any atom is -0.462 e. The molecule has 0 rings (SSSR count). The van der Waals surface area contributed by atoms with Crippen LogP contribution in [-0.4, -0.2) is 18.6 Å². The van der Waals surface area contributed by atoms with Crippen LogP contribution in [0.3, 0.4) is 0 Å². The van der Waals surface area contributed by atoms with Gasteiger partial charge in [-0.25, -0.2) is 0 Å². The summed E-state index contributed by atoms with van der Waals surface area (Å²) in [6.07, 6.45) is 3.53. The number of ether oxygens (including phenoxy) is 1. The number of halogens is 1. The van der Waals surface area contributed by atoms with Crippen LogP contribution in [0, 0.1) is 0 Å². The van der Waals surface area contributed by atoms with Crippen molar-refractivity contribution >= 4 is 28.8 Å². The van der Waals surface area contributed by atoms with E-state index in [1.807, 2.05) is 29.8 Å². The highest BCUT2D eigenvalue weighted by atomic mass is 127. The Labute approximate surface area is 94.1 Å². The third-order valence-electron chi connectivity index (χ3n) is 1.79. The van der Waals surface area contributed by atoms with Crippen molar-refractivity contribution in [2.75, 3.05) is 6.54 Å². The predicted molar refractivity (Wildman–Crippen MR) is 61.7 cm³/mol. The first-order chi connectivity index (χ1) is 6.24. The Morgan fingerprint density at radius 2 is 2.23 bits per heavy atom. The average molecular weight is 299 g/mol. The minimum absolute atomic E-state index is 0.0931. The Morgan fingerprint density at radius 3 is 2.69 bits per heavy atom. The van der Waals surface area contributed by atoms with Gasteiger partial charge in [0.15, 0.2) is 0 Å². The molecule has 1 N–H and O–H groups in total. The van der Waals surface area contributed by atoms with Crippen LogP contribution in [0.4, 0.5) is 0 Å². The second kappa shape index (κ2) is 8.74. The quantitative estimate of drug-likeness (QED) is 0.446. The lowest BCUT2D eigenvalue weighted by Gasteiger charge is -2.14. The largest absolute Gasteiger partial charge is 0.462 e. The van der Waals surface area contributed by atoms with Gasteiger partial charge in [-0.2, -0.15) is 0 Å². The lowest BCUT2D eigenvalue weighted by Crippen LogP contribution is -2.19. The Bertz CT molecular complexity index is 142. The van der Waals surface area contributed by atoms with E-state index in [4.69, 9.17) is 4.74 Å². The standard InChI is InChI=1S/C9H18INO2/c1-3-5-8(4-2)13-9(12)6-7-11-10/h8,11H,3-7H2,1-2H3. The van der Waals surface area contributed by atoms with Gasteiger partial charge in [0, 0.05) is 29.4 Å². The summed E-state index contributed by atoms with van der Waals surface area (Å²) in [5, 5.41) is 0. The van der Waals surface area contributed by atoms with Gasteiger partial charge in [0.2, 0.25) is 0 Å². The van der Waals surface area contributed by atoms with Crippen LogP contribution in [0.5, 0.6) is 0 Å². The Morgan fingerprint density at radius 1 is 1.54 bits per heavy atom. The molecule has 0 amide bonds. The molecule has 0 spiro atoms. The molecule has 13 heavy (non-hydrogen) atoms. The number of rotatable bonds is 7. The molecule has 0 heterocycles. The molecule has 0 aromatic heterocycles. The van der Waals surface area contributed by atoms with E-state index in [1.165, 1.54) is 0 Å². The highest BCUT2D eigenvalue weighted by Gasteiger charge is 2.10. The van der Waals surface area contributed by atoms with Crippen LogP contribution in [-0.2, 0) is 9.53 Å². The van der Waals surface area contributed by atoms with Crippen molar-refractivity contribution in [2.24, 2.45) is 0 Å². The topological polar surface area (TPSA) is 38.3 Å². The molecule has 3 nitrogen and oxygen atoms in total. The smallest absolute Gasteiger partial charge is 0.307 e. The van der Waals surface area contributed by atoms with Crippen molar-refractivity contribution < 1.29 is 9.53 Å². The second-order valence-electron chi connectivity index (χ2n) is 2.94.